The zero-order valence-corrected chi connectivity index (χ0v) is 28.8. The summed E-state index contributed by atoms with van der Waals surface area (Å²) in [5, 5.41) is 2.77. The largest absolute Gasteiger partial charge is 0.444 e. The second kappa shape index (κ2) is 13.0. The van der Waals surface area contributed by atoms with Crippen LogP contribution in [0.3, 0.4) is 0 Å². The number of likely N-dealkylation sites (tertiary alicyclic amines) is 1. The number of fused-ring (bicyclic) bond motifs is 3. The van der Waals surface area contributed by atoms with Gasteiger partial charge < -0.3 is 14.2 Å². The molecule has 3 atom stereocenters. The smallest absolute Gasteiger partial charge is 0.412 e. The summed E-state index contributed by atoms with van der Waals surface area (Å²) >= 11 is 0. The SMILES string of the molecule is Cc1nc2ccccc2n1[C@H]1C[C@H]2CC[C@@H](C1)N2CCC1(c2ccccc2)CCN(C(=O)c2cccc(NC(=O)OC(C)(C)C)c2)CC1. The van der Waals surface area contributed by atoms with Crippen LogP contribution in [0, 0.1) is 6.92 Å². The molecule has 0 unspecified atom stereocenters. The van der Waals surface area contributed by atoms with Crippen molar-refractivity contribution in [2.75, 3.05) is 25.0 Å². The number of nitrogens with one attached hydrogen (secondary N) is 1. The number of aromatic nitrogens is 2. The Morgan fingerprint density at radius 3 is 2.29 bits per heavy atom. The molecule has 0 radical (unpaired) electrons. The van der Waals surface area contributed by atoms with Crippen LogP contribution >= 0.6 is 0 Å². The standard InChI is InChI=1S/C40H49N5O3/c1-28-41-35-15-8-9-16-36(35)45(28)34-26-32-17-18-33(27-34)44(32)24-21-40(30-12-6-5-7-13-30)19-22-43(23-20-40)37(46)29-11-10-14-31(25-29)42-38(47)48-39(2,3)4/h5-16,25,32-34H,17-24,26-27H2,1-4H3,(H,42,47)/t32-,33+,34+. The molecular weight excluding hydrogens is 598 g/mol. The molecule has 0 saturated carbocycles. The number of aryl methyl sites for hydroxylation is 1. The third-order valence-corrected chi connectivity index (χ3v) is 11.0. The minimum Gasteiger partial charge on any atom is -0.444 e. The Hall–Kier alpha value is -4.17. The molecule has 252 valence electrons. The predicted molar refractivity (Wildman–Crippen MR) is 190 cm³/mol. The normalized spacial score (nSPS) is 22.5. The summed E-state index contributed by atoms with van der Waals surface area (Å²) in [5.41, 5.74) is 4.33. The van der Waals surface area contributed by atoms with E-state index in [2.05, 4.69) is 76.3 Å². The number of rotatable bonds is 7. The van der Waals surface area contributed by atoms with Gasteiger partial charge in [-0.15, -0.1) is 0 Å². The van der Waals surface area contributed by atoms with Crippen molar-refractivity contribution in [1.29, 1.82) is 0 Å². The third-order valence-electron chi connectivity index (χ3n) is 11.0. The van der Waals surface area contributed by atoms with Crippen LogP contribution in [-0.4, -0.2) is 68.7 Å². The van der Waals surface area contributed by atoms with Crippen LogP contribution in [0.25, 0.3) is 11.0 Å². The van der Waals surface area contributed by atoms with Crippen molar-refractivity contribution in [2.45, 2.75) is 102 Å². The Morgan fingerprint density at radius 2 is 1.58 bits per heavy atom. The fourth-order valence-electron chi connectivity index (χ4n) is 8.74. The number of ether oxygens (including phenoxy) is 1. The van der Waals surface area contributed by atoms with Gasteiger partial charge in [0.05, 0.1) is 11.0 Å². The van der Waals surface area contributed by atoms with Gasteiger partial charge in [-0.1, -0.05) is 48.5 Å². The lowest BCUT2D eigenvalue weighted by Crippen LogP contribution is -2.49. The van der Waals surface area contributed by atoms with Crippen LogP contribution in [0.5, 0.6) is 0 Å². The van der Waals surface area contributed by atoms with Gasteiger partial charge in [0.15, 0.2) is 0 Å². The maximum atomic E-state index is 13.7. The van der Waals surface area contributed by atoms with E-state index >= 15 is 0 Å². The van der Waals surface area contributed by atoms with E-state index < -0.39 is 11.7 Å². The van der Waals surface area contributed by atoms with Gasteiger partial charge in [0.1, 0.15) is 11.4 Å². The Balaban J connectivity index is 1.02. The molecule has 3 aliphatic rings. The van der Waals surface area contributed by atoms with E-state index in [0.29, 0.717) is 42.5 Å². The van der Waals surface area contributed by atoms with E-state index in [1.165, 1.54) is 36.8 Å². The molecular formula is C40H49N5O3. The van der Waals surface area contributed by atoms with Crippen molar-refractivity contribution < 1.29 is 14.3 Å². The number of amides is 2. The monoisotopic (exact) mass is 647 g/mol. The number of carbonyl (C=O) groups excluding carboxylic acids is 2. The highest BCUT2D eigenvalue weighted by Crippen LogP contribution is 2.45. The summed E-state index contributed by atoms with van der Waals surface area (Å²) < 4.78 is 7.91. The quantitative estimate of drug-likeness (QED) is 0.219. The second-order valence-electron chi connectivity index (χ2n) is 15.2. The van der Waals surface area contributed by atoms with E-state index in [1.54, 1.807) is 12.1 Å². The third kappa shape index (κ3) is 6.59. The fraction of sp³-hybridized carbons (Fsp3) is 0.475. The minimum absolute atomic E-state index is 0.00642. The van der Waals surface area contributed by atoms with Gasteiger partial charge in [-0.25, -0.2) is 9.78 Å². The molecule has 8 nitrogen and oxygen atoms in total. The molecule has 4 aromatic rings. The van der Waals surface area contributed by atoms with Crippen molar-refractivity contribution in [3.63, 3.8) is 0 Å². The van der Waals surface area contributed by atoms with Gasteiger partial charge in [-0.2, -0.15) is 0 Å². The first kappa shape index (κ1) is 32.4. The van der Waals surface area contributed by atoms with Crippen LogP contribution in [0.1, 0.15) is 93.5 Å². The Kier molecular flexibility index (Phi) is 8.79. The number of para-hydroxylation sites is 2. The molecule has 3 aliphatic heterocycles. The number of piperidine rings is 2. The molecule has 48 heavy (non-hydrogen) atoms. The summed E-state index contributed by atoms with van der Waals surface area (Å²) in [7, 11) is 0. The van der Waals surface area contributed by atoms with E-state index in [9.17, 15) is 9.59 Å². The van der Waals surface area contributed by atoms with Gasteiger partial charge in [0.25, 0.3) is 5.91 Å². The Bertz CT molecular complexity index is 1750. The van der Waals surface area contributed by atoms with Crippen LogP contribution in [0.2, 0.25) is 0 Å². The Labute approximate surface area is 284 Å². The summed E-state index contributed by atoms with van der Waals surface area (Å²) in [6, 6.07) is 28.4. The molecule has 2 amide bonds. The number of carbonyl (C=O) groups is 2. The topological polar surface area (TPSA) is 79.7 Å². The highest BCUT2D eigenvalue weighted by Gasteiger charge is 2.44. The first-order valence-corrected chi connectivity index (χ1v) is 17.7. The molecule has 1 aromatic heterocycles. The van der Waals surface area contributed by atoms with E-state index in [-0.39, 0.29) is 11.3 Å². The molecule has 1 N–H and O–H groups in total. The average molecular weight is 648 g/mol. The molecule has 3 saturated heterocycles. The number of hydrogen-bond donors (Lipinski definition) is 1. The van der Waals surface area contributed by atoms with Crippen molar-refractivity contribution in [2.24, 2.45) is 0 Å². The number of anilines is 1. The lowest BCUT2D eigenvalue weighted by molar-refractivity contribution is 0.0602. The summed E-state index contributed by atoms with van der Waals surface area (Å²) in [6.45, 7) is 10.2. The van der Waals surface area contributed by atoms with Crippen LogP contribution in [0.15, 0.2) is 78.9 Å². The van der Waals surface area contributed by atoms with Crippen molar-refractivity contribution in [3.05, 3.63) is 95.8 Å². The van der Waals surface area contributed by atoms with Crippen molar-refractivity contribution in [3.8, 4) is 0 Å². The van der Waals surface area contributed by atoms with Crippen LogP contribution in [-0.2, 0) is 10.2 Å². The van der Waals surface area contributed by atoms with Gasteiger partial charge >= 0.3 is 6.09 Å². The first-order chi connectivity index (χ1) is 23.1. The molecule has 4 heterocycles. The second-order valence-corrected chi connectivity index (χ2v) is 15.2. The van der Waals surface area contributed by atoms with E-state index in [1.807, 2.05) is 37.8 Å². The number of benzene rings is 3. The van der Waals surface area contributed by atoms with E-state index in [4.69, 9.17) is 9.72 Å². The van der Waals surface area contributed by atoms with Crippen molar-refractivity contribution in [1.82, 2.24) is 19.4 Å². The van der Waals surface area contributed by atoms with Gasteiger partial charge in [0.2, 0.25) is 0 Å². The summed E-state index contributed by atoms with van der Waals surface area (Å²) in [5.74, 6) is 1.14. The molecule has 0 aliphatic carbocycles. The molecule has 0 spiro atoms. The number of nitrogens with zero attached hydrogens (tertiary/aromatic N) is 4. The van der Waals surface area contributed by atoms with Gasteiger partial charge in [-0.05, 0) is 120 Å². The zero-order valence-electron chi connectivity index (χ0n) is 28.8. The lowest BCUT2D eigenvalue weighted by atomic mass is 9.70. The molecule has 8 heteroatoms. The zero-order chi connectivity index (χ0) is 33.5. The number of imidazole rings is 1. The fourth-order valence-corrected chi connectivity index (χ4v) is 8.74. The van der Waals surface area contributed by atoms with Gasteiger partial charge in [0, 0.05) is 42.5 Å². The summed E-state index contributed by atoms with van der Waals surface area (Å²) in [6.07, 6.45) is 7.35. The molecule has 7 rings (SSSR count). The maximum Gasteiger partial charge on any atom is 0.412 e. The first-order valence-electron chi connectivity index (χ1n) is 17.7. The van der Waals surface area contributed by atoms with Gasteiger partial charge in [-0.3, -0.25) is 15.0 Å². The van der Waals surface area contributed by atoms with Crippen molar-refractivity contribution >= 4 is 28.7 Å². The molecule has 3 aromatic carbocycles. The highest BCUT2D eigenvalue weighted by molar-refractivity contribution is 5.96. The van der Waals surface area contributed by atoms with Crippen LogP contribution < -0.4 is 5.32 Å². The molecule has 2 bridgehead atoms. The van der Waals surface area contributed by atoms with E-state index in [0.717, 1.165) is 37.1 Å². The number of hydrogen-bond acceptors (Lipinski definition) is 5. The lowest BCUT2D eigenvalue weighted by Gasteiger charge is -2.45. The minimum atomic E-state index is -0.596. The summed E-state index contributed by atoms with van der Waals surface area (Å²) in [4.78, 5) is 35.7. The molecule has 3 fully saturated rings. The van der Waals surface area contributed by atoms with Crippen LogP contribution in [0.4, 0.5) is 10.5 Å². The average Bonchev–Trinajstić information content (AvgIpc) is 3.53. The maximum absolute atomic E-state index is 13.7. The highest BCUT2D eigenvalue weighted by atomic mass is 16.6. The predicted octanol–water partition coefficient (Wildman–Crippen LogP) is 8.12. The Morgan fingerprint density at radius 1 is 0.896 bits per heavy atom.